The molecule has 0 spiro atoms. The molecule has 0 aliphatic heterocycles. The van der Waals surface area contributed by atoms with Crippen LogP contribution < -0.4 is 11.1 Å². The molecule has 0 amide bonds. The molecule has 4 heterocycles. The molecule has 0 saturated carbocycles. The Morgan fingerprint density at radius 3 is 2.40 bits per heavy atom. The van der Waals surface area contributed by atoms with Gasteiger partial charge in [0.2, 0.25) is 11.8 Å². The number of imidazole rings is 1. The van der Waals surface area contributed by atoms with Crippen molar-refractivity contribution >= 4 is 22.9 Å². The van der Waals surface area contributed by atoms with E-state index in [-0.39, 0.29) is 5.82 Å². The number of hydrogen-bond donors (Lipinski definition) is 2. The van der Waals surface area contributed by atoms with Gasteiger partial charge in [0.05, 0.1) is 11.3 Å². The summed E-state index contributed by atoms with van der Waals surface area (Å²) in [5.41, 5.74) is 12.2. The first-order valence-electron chi connectivity index (χ1n) is 12.8. The maximum Gasteiger partial charge on any atom is 0.236 e. The molecule has 6 aromatic rings. The summed E-state index contributed by atoms with van der Waals surface area (Å²) in [7, 11) is 0. The summed E-state index contributed by atoms with van der Waals surface area (Å²) in [6.07, 6.45) is 2.97. The van der Waals surface area contributed by atoms with Crippen LogP contribution in [0.3, 0.4) is 0 Å². The zero-order valence-corrected chi connectivity index (χ0v) is 22.0. The van der Waals surface area contributed by atoms with Gasteiger partial charge >= 0.3 is 0 Å². The van der Waals surface area contributed by atoms with E-state index in [9.17, 15) is 0 Å². The van der Waals surface area contributed by atoms with E-state index >= 15 is 0 Å². The molecule has 0 radical (unpaired) electrons. The highest BCUT2D eigenvalue weighted by molar-refractivity contribution is 5.84. The molecule has 196 valence electrons. The molecule has 0 saturated heterocycles. The molecule has 0 atom stereocenters. The fourth-order valence-corrected chi connectivity index (χ4v) is 4.14. The van der Waals surface area contributed by atoms with Crippen LogP contribution in [0.25, 0.3) is 39.5 Å². The van der Waals surface area contributed by atoms with Gasteiger partial charge in [0.15, 0.2) is 11.5 Å². The predicted molar refractivity (Wildman–Crippen MR) is 155 cm³/mol. The van der Waals surface area contributed by atoms with E-state index in [1.807, 2.05) is 103 Å². The van der Waals surface area contributed by atoms with Gasteiger partial charge in [-0.3, -0.25) is 4.57 Å². The van der Waals surface area contributed by atoms with Crippen LogP contribution in [0, 0.1) is 11.3 Å². The molecule has 6 rings (SSSR count). The highest BCUT2D eigenvalue weighted by Crippen LogP contribution is 2.31. The summed E-state index contributed by atoms with van der Waals surface area (Å²) < 4.78 is 2.00. The third-order valence-electron chi connectivity index (χ3n) is 5.97. The number of aromatic nitrogens is 7. The van der Waals surface area contributed by atoms with E-state index in [0.717, 1.165) is 33.6 Å². The van der Waals surface area contributed by atoms with Gasteiger partial charge in [-0.25, -0.2) is 24.9 Å². The molecule has 0 aliphatic rings. The third-order valence-corrected chi connectivity index (χ3v) is 5.97. The summed E-state index contributed by atoms with van der Waals surface area (Å²) in [5.74, 6) is 1.45. The predicted octanol–water partition coefficient (Wildman–Crippen LogP) is 5.43. The van der Waals surface area contributed by atoms with Crippen LogP contribution in [-0.4, -0.2) is 34.5 Å². The van der Waals surface area contributed by atoms with Gasteiger partial charge in [-0.1, -0.05) is 56.3 Å². The van der Waals surface area contributed by atoms with Crippen molar-refractivity contribution in [2.45, 2.75) is 20.4 Å². The highest BCUT2D eigenvalue weighted by Gasteiger charge is 2.18. The highest BCUT2D eigenvalue weighted by atomic mass is 15.1. The summed E-state index contributed by atoms with van der Waals surface area (Å²) in [6, 6.07) is 27.6. The number of nitrogens with zero attached hydrogens (tertiary/aromatic N) is 8. The summed E-state index contributed by atoms with van der Waals surface area (Å²) in [4.78, 5) is 26.0. The van der Waals surface area contributed by atoms with Crippen molar-refractivity contribution in [3.8, 4) is 34.4 Å². The number of hydrogen-bond acceptors (Lipinski definition) is 9. The Labute approximate surface area is 231 Å². The van der Waals surface area contributed by atoms with Crippen molar-refractivity contribution in [1.82, 2.24) is 34.5 Å². The number of nitriles is 1. The van der Waals surface area contributed by atoms with E-state index in [1.165, 1.54) is 6.33 Å². The molecule has 40 heavy (non-hydrogen) atoms. The fraction of sp³-hybridized carbons (Fsp3) is 0.100. The van der Waals surface area contributed by atoms with Gasteiger partial charge in [0.1, 0.15) is 23.7 Å². The van der Waals surface area contributed by atoms with E-state index in [4.69, 9.17) is 21.0 Å². The average Bonchev–Trinajstić information content (AvgIpc) is 3.40. The summed E-state index contributed by atoms with van der Waals surface area (Å²) >= 11 is 0. The van der Waals surface area contributed by atoms with Gasteiger partial charge in [-0.15, -0.1) is 0 Å². The van der Waals surface area contributed by atoms with Crippen LogP contribution in [0.2, 0.25) is 0 Å². The first kappa shape index (κ1) is 25.9. The van der Waals surface area contributed by atoms with E-state index < -0.39 is 0 Å². The smallest absolute Gasteiger partial charge is 0.236 e. The molecular formula is C30H26N10. The lowest BCUT2D eigenvalue weighted by Crippen LogP contribution is -2.06. The standard InChI is InChI=1S/C28H20N10.C2H6/c29-15-24-33-17-34-28(37-24)32-16-18-8-10-20(11-9-18)38-26(21-7-4-14-31-25(21)30)36-23-13-12-22(35-27(23)38)19-5-2-1-3-6-19;1-2/h1-14,17H,16H2,(H2,30,31)(H,32,33,34,37);1-2H3. The SMILES string of the molecule is CC.N#Cc1ncnc(NCc2ccc(-n3c(-c4cccnc4N)nc4ccc(-c5ccccc5)nc43)cc2)n1. The molecule has 0 aliphatic carbocycles. The largest absolute Gasteiger partial charge is 0.383 e. The molecular weight excluding hydrogens is 500 g/mol. The number of nitrogens with one attached hydrogen (secondary N) is 1. The van der Waals surface area contributed by atoms with Gasteiger partial charge in [-0.2, -0.15) is 10.2 Å². The van der Waals surface area contributed by atoms with Crippen LogP contribution in [-0.2, 0) is 6.54 Å². The number of anilines is 2. The summed E-state index contributed by atoms with van der Waals surface area (Å²) in [6.45, 7) is 4.47. The Morgan fingerprint density at radius 2 is 1.65 bits per heavy atom. The molecule has 0 unspecified atom stereocenters. The van der Waals surface area contributed by atoms with Crippen LogP contribution in [0.5, 0.6) is 0 Å². The molecule has 10 nitrogen and oxygen atoms in total. The normalized spacial score (nSPS) is 10.4. The minimum absolute atomic E-state index is 0.0643. The lowest BCUT2D eigenvalue weighted by Gasteiger charge is -2.12. The Kier molecular flexibility index (Phi) is 7.64. The lowest BCUT2D eigenvalue weighted by atomic mass is 10.1. The molecule has 0 fully saturated rings. The van der Waals surface area contributed by atoms with Gasteiger partial charge in [0.25, 0.3) is 0 Å². The van der Waals surface area contributed by atoms with Crippen LogP contribution >= 0.6 is 0 Å². The van der Waals surface area contributed by atoms with Gasteiger partial charge in [-0.05, 0) is 42.0 Å². The van der Waals surface area contributed by atoms with E-state index in [1.54, 1.807) is 6.20 Å². The zero-order valence-electron chi connectivity index (χ0n) is 22.0. The molecule has 3 N–H and O–H groups in total. The first-order chi connectivity index (χ1) is 19.7. The second-order valence-corrected chi connectivity index (χ2v) is 8.38. The third kappa shape index (κ3) is 5.30. The second-order valence-electron chi connectivity index (χ2n) is 8.38. The number of nitrogen functional groups attached to an aromatic ring is 1. The Morgan fingerprint density at radius 1 is 0.850 bits per heavy atom. The molecule has 10 heteroatoms. The van der Waals surface area contributed by atoms with Crippen molar-refractivity contribution in [3.05, 3.63) is 103 Å². The quantitative estimate of drug-likeness (QED) is 0.290. The monoisotopic (exact) mass is 526 g/mol. The van der Waals surface area contributed by atoms with Crippen molar-refractivity contribution in [2.75, 3.05) is 11.1 Å². The first-order valence-corrected chi connectivity index (χ1v) is 12.8. The Balaban J connectivity index is 0.00000158. The molecule has 2 aromatic carbocycles. The van der Waals surface area contributed by atoms with Crippen molar-refractivity contribution < 1.29 is 0 Å². The minimum atomic E-state index is 0.0643. The second kappa shape index (κ2) is 11.8. The van der Waals surface area contributed by atoms with Crippen LogP contribution in [0.1, 0.15) is 25.2 Å². The fourth-order valence-electron chi connectivity index (χ4n) is 4.14. The topological polar surface area (TPSA) is 144 Å². The number of pyridine rings is 2. The van der Waals surface area contributed by atoms with Crippen LogP contribution in [0.4, 0.5) is 11.8 Å². The van der Waals surface area contributed by atoms with Crippen molar-refractivity contribution in [2.24, 2.45) is 0 Å². The van der Waals surface area contributed by atoms with Gasteiger partial charge in [0, 0.05) is 24.0 Å². The van der Waals surface area contributed by atoms with E-state index in [2.05, 4.69) is 25.3 Å². The summed E-state index contributed by atoms with van der Waals surface area (Å²) in [5, 5.41) is 12.1. The van der Waals surface area contributed by atoms with E-state index in [0.29, 0.717) is 29.8 Å². The van der Waals surface area contributed by atoms with Crippen LogP contribution in [0.15, 0.2) is 91.4 Å². The van der Waals surface area contributed by atoms with Gasteiger partial charge < -0.3 is 11.1 Å². The molecule has 4 aromatic heterocycles. The molecule has 0 bridgehead atoms. The maximum atomic E-state index is 8.99. The number of benzene rings is 2. The maximum absolute atomic E-state index is 8.99. The number of fused-ring (bicyclic) bond motifs is 1. The number of rotatable bonds is 6. The minimum Gasteiger partial charge on any atom is -0.383 e. The average molecular weight is 527 g/mol. The number of nitrogens with two attached hydrogens (primary N) is 1. The Bertz CT molecular complexity index is 1790. The van der Waals surface area contributed by atoms with Crippen molar-refractivity contribution in [1.29, 1.82) is 5.26 Å². The lowest BCUT2D eigenvalue weighted by molar-refractivity contribution is 0.979. The zero-order chi connectivity index (χ0) is 27.9. The van der Waals surface area contributed by atoms with Crippen molar-refractivity contribution in [3.63, 3.8) is 0 Å². The Hall–Kier alpha value is -5.69.